The Bertz CT molecular complexity index is 505. The third-order valence-corrected chi connectivity index (χ3v) is 2.26. The normalized spacial score (nSPS) is 10.7. The van der Waals surface area contributed by atoms with Gasteiger partial charge >= 0.3 is 12.1 Å². The number of carbonyl (C=O) groups is 2. The smallest absolute Gasteiger partial charge is 0.412 e. The van der Waals surface area contributed by atoms with Crippen LogP contribution in [0.3, 0.4) is 0 Å². The lowest BCUT2D eigenvalue weighted by atomic mass is 10.2. The van der Waals surface area contributed by atoms with Gasteiger partial charge in [0.05, 0.1) is 25.5 Å². The highest BCUT2D eigenvalue weighted by Gasteiger charge is 2.18. The molecule has 0 aliphatic carbocycles. The molecule has 0 fully saturated rings. The maximum absolute atomic E-state index is 11.7. The van der Waals surface area contributed by atoms with Gasteiger partial charge in [-0.05, 0) is 39.0 Å². The van der Waals surface area contributed by atoms with E-state index in [-0.39, 0.29) is 0 Å². The predicted octanol–water partition coefficient (Wildman–Crippen LogP) is 2.83. The van der Waals surface area contributed by atoms with Gasteiger partial charge in [-0.1, -0.05) is 0 Å². The summed E-state index contributed by atoms with van der Waals surface area (Å²) in [5.41, 5.74) is 0.150. The Hall–Kier alpha value is -2.24. The third-order valence-electron chi connectivity index (χ3n) is 2.26. The molecule has 0 unspecified atom stereocenters. The van der Waals surface area contributed by atoms with E-state index in [0.717, 1.165) is 0 Å². The Morgan fingerprint density at radius 1 is 1.15 bits per heavy atom. The summed E-state index contributed by atoms with van der Waals surface area (Å²) in [6.45, 7) is 5.30. The van der Waals surface area contributed by atoms with Crippen molar-refractivity contribution in [1.82, 2.24) is 0 Å². The monoisotopic (exact) mass is 281 g/mol. The molecule has 0 aromatic heterocycles. The van der Waals surface area contributed by atoms with E-state index in [1.807, 2.05) is 0 Å². The number of amides is 1. The van der Waals surface area contributed by atoms with Crippen molar-refractivity contribution in [3.05, 3.63) is 23.8 Å². The lowest BCUT2D eigenvalue weighted by Crippen LogP contribution is -2.27. The molecule has 0 aliphatic heterocycles. The molecule has 1 rings (SSSR count). The fourth-order valence-electron chi connectivity index (χ4n) is 1.45. The lowest BCUT2D eigenvalue weighted by Gasteiger charge is -2.20. The summed E-state index contributed by atoms with van der Waals surface area (Å²) < 4.78 is 14.9. The first-order valence-corrected chi connectivity index (χ1v) is 6.03. The molecule has 1 amide bonds. The van der Waals surface area contributed by atoms with Crippen molar-refractivity contribution in [3.8, 4) is 5.75 Å². The van der Waals surface area contributed by atoms with Crippen LogP contribution < -0.4 is 10.1 Å². The summed E-state index contributed by atoms with van der Waals surface area (Å²) in [6.07, 6.45) is -0.596. The van der Waals surface area contributed by atoms with E-state index in [4.69, 9.17) is 9.47 Å². The zero-order valence-electron chi connectivity index (χ0n) is 12.3. The second kappa shape index (κ2) is 6.27. The molecular weight excluding hydrogens is 262 g/mol. The summed E-state index contributed by atoms with van der Waals surface area (Å²) in [7, 11) is 2.73. The topological polar surface area (TPSA) is 73.9 Å². The first kappa shape index (κ1) is 15.8. The number of nitrogens with one attached hydrogen (secondary N) is 1. The van der Waals surface area contributed by atoms with E-state index in [1.165, 1.54) is 26.4 Å². The Morgan fingerprint density at radius 3 is 2.30 bits per heavy atom. The summed E-state index contributed by atoms with van der Waals surface area (Å²) in [6, 6.07) is 4.56. The Kier molecular flexibility index (Phi) is 4.96. The van der Waals surface area contributed by atoms with Gasteiger partial charge < -0.3 is 14.2 Å². The third kappa shape index (κ3) is 4.46. The lowest BCUT2D eigenvalue weighted by molar-refractivity contribution is 0.0598. The molecule has 1 aromatic carbocycles. The molecule has 1 N–H and O–H groups in total. The number of anilines is 1. The second-order valence-corrected chi connectivity index (χ2v) is 5.03. The first-order valence-electron chi connectivity index (χ1n) is 6.03. The molecule has 0 saturated heterocycles. The van der Waals surface area contributed by atoms with Crippen LogP contribution in [-0.4, -0.2) is 31.9 Å². The van der Waals surface area contributed by atoms with E-state index in [0.29, 0.717) is 17.0 Å². The average molecular weight is 281 g/mol. The van der Waals surface area contributed by atoms with Crippen LogP contribution in [0.4, 0.5) is 10.5 Å². The molecule has 0 bridgehead atoms. The highest BCUT2D eigenvalue weighted by molar-refractivity contribution is 5.92. The van der Waals surface area contributed by atoms with Crippen molar-refractivity contribution in [2.24, 2.45) is 0 Å². The molecule has 110 valence electrons. The molecule has 0 spiro atoms. The highest BCUT2D eigenvalue weighted by Crippen LogP contribution is 2.26. The number of hydrogen-bond donors (Lipinski definition) is 1. The largest absolute Gasteiger partial charge is 0.495 e. The Balaban J connectivity index is 2.91. The maximum atomic E-state index is 11.7. The molecule has 0 saturated carbocycles. The number of rotatable bonds is 3. The minimum absolute atomic E-state index is 0.332. The number of ether oxygens (including phenoxy) is 3. The van der Waals surface area contributed by atoms with Gasteiger partial charge in [0.1, 0.15) is 11.4 Å². The van der Waals surface area contributed by atoms with Gasteiger partial charge in [0.25, 0.3) is 0 Å². The zero-order valence-corrected chi connectivity index (χ0v) is 12.3. The molecular formula is C14H19NO5. The van der Waals surface area contributed by atoms with Crippen LogP contribution in [0.1, 0.15) is 31.1 Å². The summed E-state index contributed by atoms with van der Waals surface area (Å²) in [4.78, 5) is 23.1. The van der Waals surface area contributed by atoms with E-state index < -0.39 is 17.7 Å². The molecule has 6 heteroatoms. The van der Waals surface area contributed by atoms with Crippen LogP contribution >= 0.6 is 0 Å². The van der Waals surface area contributed by atoms with Crippen LogP contribution in [0.5, 0.6) is 5.75 Å². The minimum atomic E-state index is -0.596. The van der Waals surface area contributed by atoms with E-state index in [1.54, 1.807) is 26.8 Å². The van der Waals surface area contributed by atoms with Crippen molar-refractivity contribution in [1.29, 1.82) is 0 Å². The van der Waals surface area contributed by atoms with Crippen molar-refractivity contribution < 1.29 is 23.8 Å². The highest BCUT2D eigenvalue weighted by atomic mass is 16.6. The van der Waals surface area contributed by atoms with E-state index >= 15 is 0 Å². The molecule has 1 aromatic rings. The maximum Gasteiger partial charge on any atom is 0.412 e. The van der Waals surface area contributed by atoms with E-state index in [9.17, 15) is 9.59 Å². The van der Waals surface area contributed by atoms with Crippen LogP contribution in [0.25, 0.3) is 0 Å². The molecule has 0 atom stereocenters. The summed E-state index contributed by atoms with van der Waals surface area (Å²) >= 11 is 0. The van der Waals surface area contributed by atoms with Crippen molar-refractivity contribution >= 4 is 17.7 Å². The molecule has 6 nitrogen and oxygen atoms in total. The summed E-state index contributed by atoms with van der Waals surface area (Å²) in [5.74, 6) is -0.133. The minimum Gasteiger partial charge on any atom is -0.495 e. The number of carbonyl (C=O) groups excluding carboxylic acids is 2. The van der Waals surface area contributed by atoms with Crippen molar-refractivity contribution in [3.63, 3.8) is 0 Å². The summed E-state index contributed by atoms with van der Waals surface area (Å²) in [5, 5.41) is 2.56. The van der Waals surface area contributed by atoms with Crippen molar-refractivity contribution in [2.45, 2.75) is 26.4 Å². The molecule has 0 aliphatic rings. The fraction of sp³-hybridized carbons (Fsp3) is 0.429. The number of methoxy groups -OCH3 is 2. The number of esters is 1. The Labute approximate surface area is 118 Å². The standard InChI is InChI=1S/C14H19NO5/c1-14(2,3)20-13(17)15-10-7-6-9(12(16)19-5)8-11(10)18-4/h6-8H,1-5H3,(H,15,17). The van der Waals surface area contributed by atoms with E-state index in [2.05, 4.69) is 10.1 Å². The molecule has 0 radical (unpaired) electrons. The molecule has 0 heterocycles. The van der Waals surface area contributed by atoms with Gasteiger partial charge in [-0.25, -0.2) is 9.59 Å². The van der Waals surface area contributed by atoms with Crippen LogP contribution in [-0.2, 0) is 9.47 Å². The first-order chi connectivity index (χ1) is 9.26. The number of benzene rings is 1. The quantitative estimate of drug-likeness (QED) is 0.862. The SMILES string of the molecule is COC(=O)c1ccc(NC(=O)OC(C)(C)C)c(OC)c1. The molecule has 20 heavy (non-hydrogen) atoms. The van der Waals surface area contributed by atoms with Gasteiger partial charge in [-0.3, -0.25) is 5.32 Å². The fourth-order valence-corrected chi connectivity index (χ4v) is 1.45. The van der Waals surface area contributed by atoms with Gasteiger partial charge in [-0.15, -0.1) is 0 Å². The van der Waals surface area contributed by atoms with Gasteiger partial charge in [0.2, 0.25) is 0 Å². The van der Waals surface area contributed by atoms with Gasteiger partial charge in [0.15, 0.2) is 0 Å². The average Bonchev–Trinajstić information content (AvgIpc) is 2.36. The van der Waals surface area contributed by atoms with Crippen LogP contribution in [0, 0.1) is 0 Å². The zero-order chi connectivity index (χ0) is 15.3. The predicted molar refractivity (Wildman–Crippen MR) is 74.2 cm³/mol. The second-order valence-electron chi connectivity index (χ2n) is 5.03. The van der Waals surface area contributed by atoms with Gasteiger partial charge in [0, 0.05) is 0 Å². The van der Waals surface area contributed by atoms with Crippen LogP contribution in [0.15, 0.2) is 18.2 Å². The van der Waals surface area contributed by atoms with Gasteiger partial charge in [-0.2, -0.15) is 0 Å². The Morgan fingerprint density at radius 2 is 1.80 bits per heavy atom. The number of hydrogen-bond acceptors (Lipinski definition) is 5. The van der Waals surface area contributed by atoms with Crippen molar-refractivity contribution in [2.75, 3.05) is 19.5 Å². The van der Waals surface area contributed by atoms with Crippen LogP contribution in [0.2, 0.25) is 0 Å².